The van der Waals surface area contributed by atoms with Gasteiger partial charge < -0.3 is 20.7 Å². The lowest BCUT2D eigenvalue weighted by Crippen LogP contribution is -2.35. The minimum absolute atomic E-state index is 0.0431. The summed E-state index contributed by atoms with van der Waals surface area (Å²) in [5, 5.41) is 3.47. The number of pyridine rings is 1. The Balaban J connectivity index is 1.54. The molecule has 3 N–H and O–H groups in total. The summed E-state index contributed by atoms with van der Waals surface area (Å²) in [5.41, 5.74) is 5.77. The van der Waals surface area contributed by atoms with E-state index in [1.54, 1.807) is 31.7 Å². The maximum absolute atomic E-state index is 13.4. The zero-order chi connectivity index (χ0) is 24.7. The highest BCUT2D eigenvalue weighted by atomic mass is 32.1. The van der Waals surface area contributed by atoms with E-state index in [1.807, 2.05) is 6.07 Å². The molecule has 1 unspecified atom stereocenters. The molecule has 1 fully saturated rings. The number of nitrogen functional groups attached to an aromatic ring is 1. The normalized spacial score (nSPS) is 16.8. The third kappa shape index (κ3) is 5.52. The van der Waals surface area contributed by atoms with Gasteiger partial charge in [-0.3, -0.25) is 0 Å². The van der Waals surface area contributed by atoms with Gasteiger partial charge in [-0.2, -0.15) is 13.2 Å². The van der Waals surface area contributed by atoms with E-state index in [2.05, 4.69) is 21.4 Å². The number of carbonyl (C=O) groups is 1. The fourth-order valence-corrected chi connectivity index (χ4v) is 4.43. The van der Waals surface area contributed by atoms with Crippen LogP contribution in [0.3, 0.4) is 0 Å². The zero-order valence-electron chi connectivity index (χ0n) is 19.0. The number of likely N-dealkylation sites (tertiary alicyclic amines) is 1. The van der Waals surface area contributed by atoms with Gasteiger partial charge in [-0.05, 0) is 56.9 Å². The fourth-order valence-electron chi connectivity index (χ4n) is 3.74. The first kappa shape index (κ1) is 24.1. The van der Waals surface area contributed by atoms with Gasteiger partial charge in [0.1, 0.15) is 17.1 Å². The second-order valence-corrected chi connectivity index (χ2v) is 10.3. The molecule has 4 rings (SSSR count). The number of aromatic nitrogens is 2. The van der Waals surface area contributed by atoms with Crippen molar-refractivity contribution in [2.75, 3.05) is 30.7 Å². The number of carbonyl (C=O) groups excluding carboxylic acids is 1. The second-order valence-electron chi connectivity index (χ2n) is 9.19. The number of rotatable bonds is 4. The third-order valence-corrected chi connectivity index (χ3v) is 6.15. The number of thiazole rings is 1. The van der Waals surface area contributed by atoms with Crippen LogP contribution in [0.1, 0.15) is 32.9 Å². The van der Waals surface area contributed by atoms with Crippen LogP contribution in [0, 0.1) is 12.0 Å². The lowest BCUT2D eigenvalue weighted by molar-refractivity contribution is -0.141. The molecule has 1 amide bonds. The van der Waals surface area contributed by atoms with E-state index in [-0.39, 0.29) is 11.7 Å². The Morgan fingerprint density at radius 3 is 2.74 bits per heavy atom. The Kier molecular flexibility index (Phi) is 6.32. The first-order valence-corrected chi connectivity index (χ1v) is 11.6. The van der Waals surface area contributed by atoms with Crippen molar-refractivity contribution in [1.82, 2.24) is 14.9 Å². The molecule has 1 atom stereocenters. The van der Waals surface area contributed by atoms with Crippen molar-refractivity contribution in [3.63, 3.8) is 0 Å². The molecule has 11 heteroatoms. The van der Waals surface area contributed by atoms with Crippen molar-refractivity contribution in [3.8, 4) is 11.1 Å². The predicted molar refractivity (Wildman–Crippen MR) is 126 cm³/mol. The van der Waals surface area contributed by atoms with Gasteiger partial charge in [0.05, 0.1) is 10.2 Å². The van der Waals surface area contributed by atoms with Crippen molar-refractivity contribution in [2.45, 2.75) is 39.0 Å². The van der Waals surface area contributed by atoms with Crippen molar-refractivity contribution in [3.05, 3.63) is 36.0 Å². The maximum atomic E-state index is 13.4. The number of anilines is 2. The number of ether oxygens (including phenoxy) is 1. The quantitative estimate of drug-likeness (QED) is 0.505. The molecule has 3 heterocycles. The van der Waals surface area contributed by atoms with Gasteiger partial charge in [0.15, 0.2) is 5.13 Å². The zero-order valence-corrected chi connectivity index (χ0v) is 19.8. The average molecular weight is 493 g/mol. The minimum Gasteiger partial charge on any atom is -0.444 e. The van der Waals surface area contributed by atoms with E-state index in [0.717, 1.165) is 10.8 Å². The van der Waals surface area contributed by atoms with Crippen LogP contribution in [0.25, 0.3) is 21.3 Å². The van der Waals surface area contributed by atoms with E-state index in [0.29, 0.717) is 47.8 Å². The number of amides is 1. The van der Waals surface area contributed by atoms with E-state index < -0.39 is 23.6 Å². The van der Waals surface area contributed by atoms with Crippen LogP contribution in [-0.4, -0.2) is 46.2 Å². The molecule has 0 spiro atoms. The largest absolute Gasteiger partial charge is 0.444 e. The molecule has 2 aromatic heterocycles. The highest BCUT2D eigenvalue weighted by Gasteiger charge is 2.34. The van der Waals surface area contributed by atoms with Crippen LogP contribution in [0.15, 0.2) is 24.3 Å². The molecule has 181 valence electrons. The standard InChI is InChI=1S/C23H25F3N5O2S/c1-22(2,3)33-21(32)31-9-8-13(12-31)11-28-19-15(5-7-18(30-19)23(24,25)26)14-4-6-17-16(10-14)29-20(27)34-17/h4-7,13H,8-9,11-12H2,1-3H3,(H2,27,29)(H,28,30). The van der Waals surface area contributed by atoms with Crippen LogP contribution >= 0.6 is 11.3 Å². The summed E-state index contributed by atoms with van der Waals surface area (Å²) in [4.78, 5) is 22.0. The van der Waals surface area contributed by atoms with Crippen molar-refractivity contribution in [2.24, 2.45) is 5.92 Å². The summed E-state index contributed by atoms with van der Waals surface area (Å²) in [7, 11) is 0. The number of nitrogens with zero attached hydrogens (tertiary/aromatic N) is 3. The Hall–Kier alpha value is -3.08. The Bertz CT molecular complexity index is 1210. The van der Waals surface area contributed by atoms with Gasteiger partial charge in [0, 0.05) is 31.3 Å². The van der Waals surface area contributed by atoms with E-state index in [1.165, 1.54) is 17.4 Å². The summed E-state index contributed by atoms with van der Waals surface area (Å²) in [5.74, 6) is 0.144. The Morgan fingerprint density at radius 2 is 2.03 bits per heavy atom. The number of alkyl halides is 3. The number of halogens is 3. The summed E-state index contributed by atoms with van der Waals surface area (Å²) in [6.45, 7) is 6.73. The van der Waals surface area contributed by atoms with Crippen LogP contribution in [-0.2, 0) is 10.9 Å². The fraction of sp³-hybridized carbons (Fsp3) is 0.435. The van der Waals surface area contributed by atoms with E-state index >= 15 is 0 Å². The molecule has 0 bridgehead atoms. The van der Waals surface area contributed by atoms with Gasteiger partial charge in [0.2, 0.25) is 0 Å². The molecule has 7 nitrogen and oxygen atoms in total. The minimum atomic E-state index is -4.58. The van der Waals surface area contributed by atoms with Crippen molar-refractivity contribution in [1.29, 1.82) is 0 Å². The van der Waals surface area contributed by atoms with Crippen LogP contribution in [0.5, 0.6) is 0 Å². The third-order valence-electron chi connectivity index (χ3n) is 5.30. The molecular formula is C23H25F3N5O2S. The smallest absolute Gasteiger partial charge is 0.433 e. The Labute approximate surface area is 199 Å². The van der Waals surface area contributed by atoms with Crippen LogP contribution in [0.2, 0.25) is 0 Å². The van der Waals surface area contributed by atoms with E-state index in [9.17, 15) is 18.0 Å². The summed E-state index contributed by atoms with van der Waals surface area (Å²) >= 11 is 1.31. The number of hydrogen-bond donors (Lipinski definition) is 2. The molecule has 1 saturated heterocycles. The number of hydrogen-bond acceptors (Lipinski definition) is 7. The predicted octanol–water partition coefficient (Wildman–Crippen LogP) is 5.43. The van der Waals surface area contributed by atoms with Gasteiger partial charge in [-0.1, -0.05) is 17.4 Å². The topological polar surface area (TPSA) is 93.4 Å². The van der Waals surface area contributed by atoms with Gasteiger partial charge in [-0.15, -0.1) is 0 Å². The highest BCUT2D eigenvalue weighted by molar-refractivity contribution is 7.22. The SMILES string of the molecule is CC(C)(C)OC(=O)N1CCC(CNc2nc(C(F)(F)F)ccc2-c2[c]c3nc(N)sc3cc2)C1. The Morgan fingerprint density at radius 1 is 1.26 bits per heavy atom. The maximum Gasteiger partial charge on any atom is 0.433 e. The van der Waals surface area contributed by atoms with Crippen LogP contribution < -0.4 is 11.1 Å². The number of benzene rings is 1. The lowest BCUT2D eigenvalue weighted by atomic mass is 10.0. The van der Waals surface area contributed by atoms with Gasteiger partial charge >= 0.3 is 12.3 Å². The number of nitrogens with two attached hydrogens (primary N) is 1. The monoisotopic (exact) mass is 492 g/mol. The number of nitrogens with one attached hydrogen (secondary N) is 1. The lowest BCUT2D eigenvalue weighted by Gasteiger charge is -2.24. The molecular weight excluding hydrogens is 467 g/mol. The molecule has 0 aliphatic carbocycles. The molecule has 34 heavy (non-hydrogen) atoms. The molecule has 1 radical (unpaired) electrons. The average Bonchev–Trinajstić information content (AvgIpc) is 3.35. The van der Waals surface area contributed by atoms with Crippen molar-refractivity contribution < 1.29 is 22.7 Å². The number of fused-ring (bicyclic) bond motifs is 1. The molecule has 1 aliphatic rings. The molecule has 1 aliphatic heterocycles. The van der Waals surface area contributed by atoms with Gasteiger partial charge in [0.25, 0.3) is 0 Å². The first-order valence-electron chi connectivity index (χ1n) is 10.8. The van der Waals surface area contributed by atoms with E-state index in [4.69, 9.17) is 10.5 Å². The first-order chi connectivity index (χ1) is 15.9. The molecule has 0 saturated carbocycles. The van der Waals surface area contributed by atoms with Crippen molar-refractivity contribution >= 4 is 38.6 Å². The second kappa shape index (κ2) is 8.94. The van der Waals surface area contributed by atoms with Gasteiger partial charge in [-0.25, -0.2) is 14.8 Å². The van der Waals surface area contributed by atoms with Crippen LogP contribution in [0.4, 0.5) is 28.9 Å². The highest BCUT2D eigenvalue weighted by Crippen LogP contribution is 2.35. The summed E-state index contributed by atoms with van der Waals surface area (Å²) < 4.78 is 46.3. The summed E-state index contributed by atoms with van der Waals surface area (Å²) in [6, 6.07) is 9.03. The molecule has 3 aromatic rings. The summed E-state index contributed by atoms with van der Waals surface area (Å²) in [6.07, 6.45) is -4.26. The molecule has 1 aromatic carbocycles.